The summed E-state index contributed by atoms with van der Waals surface area (Å²) >= 11 is 0. The molecule has 0 saturated carbocycles. The van der Waals surface area contributed by atoms with Gasteiger partial charge in [0.15, 0.2) is 0 Å². The van der Waals surface area contributed by atoms with Gasteiger partial charge in [0.05, 0.1) is 18.4 Å². The van der Waals surface area contributed by atoms with E-state index in [9.17, 15) is 5.11 Å². The van der Waals surface area contributed by atoms with E-state index in [1.807, 2.05) is 18.7 Å². The SMILES string of the molecule is CCCOCC(O)CCc1c(C)nn(C)c1C. The highest BCUT2D eigenvalue weighted by Crippen LogP contribution is 2.15. The van der Waals surface area contributed by atoms with Crippen LogP contribution in [0.1, 0.15) is 36.7 Å². The molecular weight excluding hydrogens is 216 g/mol. The molecule has 0 saturated heterocycles. The van der Waals surface area contributed by atoms with Gasteiger partial charge in [0.25, 0.3) is 0 Å². The van der Waals surface area contributed by atoms with Crippen molar-refractivity contribution in [1.29, 1.82) is 0 Å². The van der Waals surface area contributed by atoms with Crippen molar-refractivity contribution in [2.75, 3.05) is 13.2 Å². The molecule has 98 valence electrons. The normalized spacial score (nSPS) is 13.0. The number of hydrogen-bond donors (Lipinski definition) is 1. The number of aryl methyl sites for hydroxylation is 2. The number of nitrogens with zero attached hydrogens (tertiary/aromatic N) is 2. The summed E-state index contributed by atoms with van der Waals surface area (Å²) in [6.07, 6.45) is 2.22. The maximum Gasteiger partial charge on any atom is 0.0776 e. The van der Waals surface area contributed by atoms with E-state index in [0.29, 0.717) is 6.61 Å². The quantitative estimate of drug-likeness (QED) is 0.739. The van der Waals surface area contributed by atoms with Gasteiger partial charge in [0.1, 0.15) is 0 Å². The highest BCUT2D eigenvalue weighted by atomic mass is 16.5. The Morgan fingerprint density at radius 1 is 1.41 bits per heavy atom. The third kappa shape index (κ3) is 4.13. The molecule has 1 aromatic heterocycles. The fourth-order valence-electron chi connectivity index (χ4n) is 1.94. The first kappa shape index (κ1) is 14.2. The Labute approximate surface area is 104 Å². The topological polar surface area (TPSA) is 47.3 Å². The average Bonchev–Trinajstić information content (AvgIpc) is 2.51. The Hall–Kier alpha value is -0.870. The maximum absolute atomic E-state index is 9.77. The van der Waals surface area contributed by atoms with Gasteiger partial charge in [0.2, 0.25) is 0 Å². The van der Waals surface area contributed by atoms with E-state index in [4.69, 9.17) is 4.74 Å². The Balaban J connectivity index is 2.39. The fourth-order valence-corrected chi connectivity index (χ4v) is 1.94. The summed E-state index contributed by atoms with van der Waals surface area (Å²) in [6.45, 7) is 7.31. The van der Waals surface area contributed by atoms with Crippen molar-refractivity contribution < 1.29 is 9.84 Å². The number of aliphatic hydroxyl groups excluding tert-OH is 1. The molecule has 0 aromatic carbocycles. The predicted octanol–water partition coefficient (Wildman–Crippen LogP) is 1.76. The first-order chi connectivity index (χ1) is 8.06. The summed E-state index contributed by atoms with van der Waals surface area (Å²) in [5, 5.41) is 14.1. The Morgan fingerprint density at radius 3 is 2.65 bits per heavy atom. The Morgan fingerprint density at radius 2 is 2.12 bits per heavy atom. The molecule has 17 heavy (non-hydrogen) atoms. The van der Waals surface area contributed by atoms with Crippen molar-refractivity contribution in [3.63, 3.8) is 0 Å². The van der Waals surface area contributed by atoms with Gasteiger partial charge in [-0.1, -0.05) is 6.92 Å². The van der Waals surface area contributed by atoms with Crippen LogP contribution in [-0.4, -0.2) is 34.2 Å². The lowest BCUT2D eigenvalue weighted by molar-refractivity contribution is 0.0330. The molecule has 1 heterocycles. The fraction of sp³-hybridized carbons (Fsp3) is 0.769. The summed E-state index contributed by atoms with van der Waals surface area (Å²) in [6, 6.07) is 0. The van der Waals surface area contributed by atoms with Gasteiger partial charge in [-0.25, -0.2) is 0 Å². The van der Waals surface area contributed by atoms with E-state index in [1.165, 1.54) is 11.3 Å². The summed E-state index contributed by atoms with van der Waals surface area (Å²) in [7, 11) is 1.95. The van der Waals surface area contributed by atoms with Crippen molar-refractivity contribution in [2.45, 2.75) is 46.1 Å². The third-order valence-electron chi connectivity index (χ3n) is 3.05. The average molecular weight is 240 g/mol. The number of ether oxygens (including phenoxy) is 1. The summed E-state index contributed by atoms with van der Waals surface area (Å²) < 4.78 is 7.22. The highest BCUT2D eigenvalue weighted by molar-refractivity contribution is 5.24. The van der Waals surface area contributed by atoms with E-state index >= 15 is 0 Å². The minimum atomic E-state index is -0.374. The Kier molecular flexibility index (Phi) is 5.65. The van der Waals surface area contributed by atoms with Crippen molar-refractivity contribution in [2.24, 2.45) is 7.05 Å². The van der Waals surface area contributed by atoms with E-state index in [0.717, 1.165) is 31.6 Å². The van der Waals surface area contributed by atoms with Crippen LogP contribution in [0.5, 0.6) is 0 Å². The minimum absolute atomic E-state index is 0.374. The monoisotopic (exact) mass is 240 g/mol. The number of aliphatic hydroxyl groups is 1. The molecule has 0 spiro atoms. The molecule has 4 heteroatoms. The van der Waals surface area contributed by atoms with Crippen molar-refractivity contribution in [1.82, 2.24) is 9.78 Å². The second-order valence-corrected chi connectivity index (χ2v) is 4.54. The van der Waals surface area contributed by atoms with Crippen LogP contribution in [0.25, 0.3) is 0 Å². The van der Waals surface area contributed by atoms with Gasteiger partial charge >= 0.3 is 0 Å². The zero-order valence-electron chi connectivity index (χ0n) is 11.4. The second kappa shape index (κ2) is 6.77. The van der Waals surface area contributed by atoms with Crippen LogP contribution in [0.2, 0.25) is 0 Å². The number of hydrogen-bond acceptors (Lipinski definition) is 3. The molecule has 1 atom stereocenters. The molecule has 4 nitrogen and oxygen atoms in total. The van der Waals surface area contributed by atoms with Gasteiger partial charge in [-0.3, -0.25) is 4.68 Å². The van der Waals surface area contributed by atoms with Crippen LogP contribution in [0.4, 0.5) is 0 Å². The van der Waals surface area contributed by atoms with E-state index < -0.39 is 0 Å². The van der Waals surface area contributed by atoms with Crippen LogP contribution < -0.4 is 0 Å². The molecule has 0 aliphatic heterocycles. The van der Waals surface area contributed by atoms with Crippen molar-refractivity contribution >= 4 is 0 Å². The molecule has 1 aromatic rings. The number of rotatable bonds is 7. The summed E-state index contributed by atoms with van der Waals surface area (Å²) in [4.78, 5) is 0. The zero-order chi connectivity index (χ0) is 12.8. The summed E-state index contributed by atoms with van der Waals surface area (Å²) in [5.41, 5.74) is 3.50. The first-order valence-electron chi connectivity index (χ1n) is 6.31. The van der Waals surface area contributed by atoms with Crippen LogP contribution in [0.15, 0.2) is 0 Å². The lowest BCUT2D eigenvalue weighted by Crippen LogP contribution is -2.16. The molecule has 0 aliphatic carbocycles. The molecule has 0 radical (unpaired) electrons. The Bertz CT molecular complexity index is 347. The first-order valence-corrected chi connectivity index (χ1v) is 6.31. The second-order valence-electron chi connectivity index (χ2n) is 4.54. The minimum Gasteiger partial charge on any atom is -0.391 e. The van der Waals surface area contributed by atoms with Crippen LogP contribution in [0.3, 0.4) is 0 Å². The molecule has 1 unspecified atom stereocenters. The molecule has 1 rings (SSSR count). The van der Waals surface area contributed by atoms with Gasteiger partial charge in [-0.05, 0) is 38.7 Å². The standard InChI is InChI=1S/C13H24N2O2/c1-5-8-17-9-12(16)6-7-13-10(2)14-15(4)11(13)3/h12,16H,5-9H2,1-4H3. The zero-order valence-corrected chi connectivity index (χ0v) is 11.4. The van der Waals surface area contributed by atoms with Crippen LogP contribution in [-0.2, 0) is 18.2 Å². The molecular formula is C13H24N2O2. The van der Waals surface area contributed by atoms with Crippen molar-refractivity contribution in [3.8, 4) is 0 Å². The largest absolute Gasteiger partial charge is 0.391 e. The van der Waals surface area contributed by atoms with E-state index in [2.05, 4.69) is 18.9 Å². The molecule has 0 fully saturated rings. The molecule has 0 aliphatic rings. The highest BCUT2D eigenvalue weighted by Gasteiger charge is 2.11. The lowest BCUT2D eigenvalue weighted by Gasteiger charge is -2.10. The van der Waals surface area contributed by atoms with E-state index in [1.54, 1.807) is 0 Å². The van der Waals surface area contributed by atoms with Crippen molar-refractivity contribution in [3.05, 3.63) is 17.0 Å². The smallest absolute Gasteiger partial charge is 0.0776 e. The predicted molar refractivity (Wildman–Crippen MR) is 68.1 cm³/mol. The lowest BCUT2D eigenvalue weighted by atomic mass is 10.1. The third-order valence-corrected chi connectivity index (χ3v) is 3.05. The maximum atomic E-state index is 9.77. The number of aromatic nitrogens is 2. The van der Waals surface area contributed by atoms with Crippen LogP contribution in [0, 0.1) is 13.8 Å². The van der Waals surface area contributed by atoms with Gasteiger partial charge in [-0.2, -0.15) is 5.10 Å². The van der Waals surface area contributed by atoms with Gasteiger partial charge in [-0.15, -0.1) is 0 Å². The van der Waals surface area contributed by atoms with Gasteiger partial charge in [0, 0.05) is 19.3 Å². The molecule has 0 bridgehead atoms. The van der Waals surface area contributed by atoms with E-state index in [-0.39, 0.29) is 6.10 Å². The summed E-state index contributed by atoms with van der Waals surface area (Å²) in [5.74, 6) is 0. The molecule has 1 N–H and O–H groups in total. The molecule has 0 amide bonds. The van der Waals surface area contributed by atoms with Crippen LogP contribution >= 0.6 is 0 Å². The van der Waals surface area contributed by atoms with Gasteiger partial charge < -0.3 is 9.84 Å².